The van der Waals surface area contributed by atoms with Crippen molar-refractivity contribution in [3.63, 3.8) is 0 Å². The Hall–Kier alpha value is -2.30. The second kappa shape index (κ2) is 8.39. The summed E-state index contributed by atoms with van der Waals surface area (Å²) in [5.41, 5.74) is 0.869. The molecule has 0 heterocycles. The van der Waals surface area contributed by atoms with Gasteiger partial charge in [-0.05, 0) is 50.7 Å². The summed E-state index contributed by atoms with van der Waals surface area (Å²) in [7, 11) is 0. The standard InChI is InChI=1S/C21H31NO4/c1-14(18(23)24)17(20(2,3)4)16(13-15-11-9-8-10-12-15)22-19(25)26-21(5,6)7/h8-12,16H,13H2,1-7H3,(H,22,25)(H,23,24)/b17-14+/t16-/m0/s1. The van der Waals surface area contributed by atoms with Crippen LogP contribution < -0.4 is 5.32 Å². The minimum absolute atomic E-state index is 0.245. The molecule has 5 heteroatoms. The van der Waals surface area contributed by atoms with Crippen molar-refractivity contribution in [2.24, 2.45) is 5.41 Å². The van der Waals surface area contributed by atoms with E-state index in [1.807, 2.05) is 51.1 Å². The molecular formula is C21H31NO4. The molecule has 1 atom stereocenters. The summed E-state index contributed by atoms with van der Waals surface area (Å²) in [5, 5.41) is 12.4. The molecule has 0 radical (unpaired) electrons. The lowest BCUT2D eigenvalue weighted by atomic mass is 9.77. The van der Waals surface area contributed by atoms with Gasteiger partial charge in [-0.25, -0.2) is 9.59 Å². The van der Waals surface area contributed by atoms with Gasteiger partial charge < -0.3 is 15.2 Å². The van der Waals surface area contributed by atoms with Gasteiger partial charge in [-0.2, -0.15) is 0 Å². The zero-order chi connectivity index (χ0) is 20.1. The van der Waals surface area contributed by atoms with Crippen LogP contribution in [0.1, 0.15) is 54.0 Å². The first-order chi connectivity index (χ1) is 11.8. The topological polar surface area (TPSA) is 75.6 Å². The van der Waals surface area contributed by atoms with E-state index in [1.54, 1.807) is 27.7 Å². The average molecular weight is 361 g/mol. The summed E-state index contributed by atoms with van der Waals surface area (Å²) in [6.45, 7) is 12.8. The minimum Gasteiger partial charge on any atom is -0.478 e. The van der Waals surface area contributed by atoms with Crippen LogP contribution in [0.15, 0.2) is 41.5 Å². The van der Waals surface area contributed by atoms with Gasteiger partial charge in [0, 0.05) is 5.57 Å². The van der Waals surface area contributed by atoms with Gasteiger partial charge in [-0.1, -0.05) is 51.1 Å². The van der Waals surface area contributed by atoms with E-state index >= 15 is 0 Å². The Kier molecular flexibility index (Phi) is 7.01. The molecule has 1 rings (SSSR count). The van der Waals surface area contributed by atoms with Gasteiger partial charge >= 0.3 is 12.1 Å². The van der Waals surface area contributed by atoms with Crippen LogP contribution in [0.25, 0.3) is 0 Å². The third-order valence-electron chi connectivity index (χ3n) is 3.85. The normalized spacial score (nSPS) is 14.3. The number of rotatable bonds is 5. The predicted octanol–water partition coefficient (Wildman–Crippen LogP) is 4.57. The molecule has 0 unspecified atom stereocenters. The van der Waals surface area contributed by atoms with E-state index in [2.05, 4.69) is 5.32 Å². The lowest BCUT2D eigenvalue weighted by molar-refractivity contribution is -0.132. The van der Waals surface area contributed by atoms with Crippen molar-refractivity contribution in [3.05, 3.63) is 47.0 Å². The zero-order valence-electron chi connectivity index (χ0n) is 16.8. The van der Waals surface area contributed by atoms with Crippen molar-refractivity contribution in [2.45, 2.75) is 66.5 Å². The molecule has 0 saturated carbocycles. The second-order valence-corrected chi connectivity index (χ2v) is 8.48. The maximum Gasteiger partial charge on any atom is 0.408 e. The molecule has 1 amide bonds. The predicted molar refractivity (Wildman–Crippen MR) is 103 cm³/mol. The molecule has 0 aromatic heterocycles. The Morgan fingerprint density at radius 2 is 1.62 bits per heavy atom. The number of aliphatic carboxylic acids is 1. The summed E-state index contributed by atoms with van der Waals surface area (Å²) in [6, 6.07) is 9.20. The highest BCUT2D eigenvalue weighted by atomic mass is 16.6. The number of hydrogen-bond donors (Lipinski definition) is 2. The number of carboxylic acids is 1. The number of carbonyl (C=O) groups is 2. The van der Waals surface area contributed by atoms with Crippen LogP contribution in [0.5, 0.6) is 0 Å². The van der Waals surface area contributed by atoms with Gasteiger partial charge in [-0.3, -0.25) is 0 Å². The summed E-state index contributed by atoms with van der Waals surface area (Å²) in [5.74, 6) is -0.987. The number of nitrogens with one attached hydrogen (secondary N) is 1. The summed E-state index contributed by atoms with van der Waals surface area (Å²) in [6.07, 6.45) is -0.0736. The van der Waals surface area contributed by atoms with Crippen molar-refractivity contribution >= 4 is 12.1 Å². The van der Waals surface area contributed by atoms with Crippen LogP contribution >= 0.6 is 0 Å². The quantitative estimate of drug-likeness (QED) is 0.753. The van der Waals surface area contributed by atoms with E-state index in [9.17, 15) is 14.7 Å². The summed E-state index contributed by atoms with van der Waals surface area (Å²) < 4.78 is 5.39. The van der Waals surface area contributed by atoms with Gasteiger partial charge in [0.15, 0.2) is 0 Å². The molecule has 1 aromatic carbocycles. The number of ether oxygens (including phenoxy) is 1. The van der Waals surface area contributed by atoms with E-state index in [0.717, 1.165) is 5.56 Å². The Balaban J connectivity index is 3.30. The van der Waals surface area contributed by atoms with Crippen LogP contribution in [-0.4, -0.2) is 28.8 Å². The maximum absolute atomic E-state index is 12.4. The van der Waals surface area contributed by atoms with E-state index in [1.165, 1.54) is 0 Å². The Bertz CT molecular complexity index is 663. The van der Waals surface area contributed by atoms with Gasteiger partial charge in [-0.15, -0.1) is 0 Å². The number of amides is 1. The highest BCUT2D eigenvalue weighted by molar-refractivity contribution is 5.87. The van der Waals surface area contributed by atoms with Crippen LogP contribution in [0.4, 0.5) is 4.79 Å². The molecule has 0 spiro atoms. The van der Waals surface area contributed by atoms with Crippen molar-refractivity contribution < 1.29 is 19.4 Å². The SMILES string of the molecule is C/C(C(=O)O)=C(/[C@H](Cc1ccccc1)NC(=O)OC(C)(C)C)C(C)(C)C. The van der Waals surface area contributed by atoms with E-state index in [0.29, 0.717) is 12.0 Å². The van der Waals surface area contributed by atoms with E-state index in [4.69, 9.17) is 4.74 Å². The average Bonchev–Trinajstić information content (AvgIpc) is 2.44. The third-order valence-corrected chi connectivity index (χ3v) is 3.85. The molecule has 0 fully saturated rings. The minimum atomic E-state index is -0.987. The van der Waals surface area contributed by atoms with Gasteiger partial charge in [0.2, 0.25) is 0 Å². The largest absolute Gasteiger partial charge is 0.478 e. The Morgan fingerprint density at radius 1 is 1.08 bits per heavy atom. The summed E-state index contributed by atoms with van der Waals surface area (Å²) in [4.78, 5) is 24.0. The number of alkyl carbamates (subject to hydrolysis) is 1. The fraction of sp³-hybridized carbons (Fsp3) is 0.524. The molecule has 144 valence electrons. The number of carbonyl (C=O) groups excluding carboxylic acids is 1. The smallest absolute Gasteiger partial charge is 0.408 e. The molecule has 0 aliphatic carbocycles. The van der Waals surface area contributed by atoms with E-state index in [-0.39, 0.29) is 5.57 Å². The molecule has 0 aliphatic heterocycles. The van der Waals surface area contributed by atoms with Crippen molar-refractivity contribution in [3.8, 4) is 0 Å². The highest BCUT2D eigenvalue weighted by Gasteiger charge is 2.32. The van der Waals surface area contributed by atoms with Gasteiger partial charge in [0.25, 0.3) is 0 Å². The Labute approximate surface area is 156 Å². The number of carboxylic acid groups (broad SMARTS) is 1. The molecular weight excluding hydrogens is 330 g/mol. The monoisotopic (exact) mass is 361 g/mol. The highest BCUT2D eigenvalue weighted by Crippen LogP contribution is 2.32. The Morgan fingerprint density at radius 3 is 2.04 bits per heavy atom. The first-order valence-corrected chi connectivity index (χ1v) is 8.79. The lowest BCUT2D eigenvalue weighted by Gasteiger charge is -2.33. The molecule has 1 aromatic rings. The molecule has 2 N–H and O–H groups in total. The van der Waals surface area contributed by atoms with Crippen LogP contribution in [0.3, 0.4) is 0 Å². The van der Waals surface area contributed by atoms with Crippen LogP contribution in [0, 0.1) is 5.41 Å². The van der Waals surface area contributed by atoms with Crippen LogP contribution in [-0.2, 0) is 16.0 Å². The fourth-order valence-electron chi connectivity index (χ4n) is 2.99. The lowest BCUT2D eigenvalue weighted by Crippen LogP contribution is -2.44. The summed E-state index contributed by atoms with van der Waals surface area (Å²) >= 11 is 0. The van der Waals surface area contributed by atoms with Crippen molar-refractivity contribution in [1.82, 2.24) is 5.32 Å². The van der Waals surface area contributed by atoms with Crippen molar-refractivity contribution in [1.29, 1.82) is 0 Å². The van der Waals surface area contributed by atoms with Crippen LogP contribution in [0.2, 0.25) is 0 Å². The molecule has 0 bridgehead atoms. The first kappa shape index (κ1) is 21.7. The van der Waals surface area contributed by atoms with Gasteiger partial charge in [0.1, 0.15) is 5.60 Å². The second-order valence-electron chi connectivity index (χ2n) is 8.48. The molecule has 5 nitrogen and oxygen atoms in total. The number of benzene rings is 1. The first-order valence-electron chi connectivity index (χ1n) is 8.79. The van der Waals surface area contributed by atoms with Gasteiger partial charge in [0.05, 0.1) is 6.04 Å². The zero-order valence-corrected chi connectivity index (χ0v) is 16.8. The molecule has 26 heavy (non-hydrogen) atoms. The fourth-order valence-corrected chi connectivity index (χ4v) is 2.99. The van der Waals surface area contributed by atoms with E-state index < -0.39 is 29.1 Å². The maximum atomic E-state index is 12.4. The third kappa shape index (κ3) is 6.90. The molecule has 0 saturated heterocycles. The molecule has 0 aliphatic rings. The number of hydrogen-bond acceptors (Lipinski definition) is 3. The van der Waals surface area contributed by atoms with Crippen molar-refractivity contribution in [2.75, 3.05) is 0 Å².